The van der Waals surface area contributed by atoms with Crippen molar-refractivity contribution < 1.29 is 40.7 Å². The van der Waals surface area contributed by atoms with E-state index < -0.39 is 57.5 Å². The van der Waals surface area contributed by atoms with Gasteiger partial charge in [0.05, 0.1) is 25.1 Å². The van der Waals surface area contributed by atoms with Gasteiger partial charge in [0.15, 0.2) is 11.6 Å². The van der Waals surface area contributed by atoms with Crippen LogP contribution in [0.3, 0.4) is 0 Å². The molecule has 47 heavy (non-hydrogen) atoms. The van der Waals surface area contributed by atoms with Crippen LogP contribution in [0.2, 0.25) is 0 Å². The van der Waals surface area contributed by atoms with Gasteiger partial charge in [-0.2, -0.15) is 4.31 Å². The lowest BCUT2D eigenvalue weighted by atomic mass is 9.74. The maximum atomic E-state index is 15.4. The molecule has 3 saturated heterocycles. The number of fused-ring (bicyclic) bond motifs is 2. The molecule has 3 aliphatic heterocycles. The molecule has 7 atom stereocenters. The van der Waals surface area contributed by atoms with Gasteiger partial charge < -0.3 is 25.4 Å². The van der Waals surface area contributed by atoms with Gasteiger partial charge in [-0.15, -0.1) is 0 Å². The van der Waals surface area contributed by atoms with E-state index in [4.69, 9.17) is 9.47 Å². The largest absolute Gasteiger partial charge is 0.453 e. The standard InChI is InChI=1S/C33H43F3N4O6S/c1-19-15-22(16-20(2)46-19)29(21-6-8-23(34)9-7-21)31(39-33(42)45-3)32(41)38-28-13-12-27(35)30(36)26(28)11-10-25-17-37-24-5-4-14-47(43,44)40(25)18-24/h6-9,12-13,19-20,22,24-25,29,31,37H,4-5,10-11,14-18H2,1-3H3,(H,38,41)(H,39,42). The highest BCUT2D eigenvalue weighted by molar-refractivity contribution is 7.89. The van der Waals surface area contributed by atoms with Gasteiger partial charge in [-0.25, -0.2) is 26.4 Å². The lowest BCUT2D eigenvalue weighted by molar-refractivity contribution is -0.120. The number of nitrogens with zero attached hydrogens (tertiary/aromatic N) is 1. The number of ether oxygens (including phenoxy) is 2. The van der Waals surface area contributed by atoms with Gasteiger partial charge in [-0.3, -0.25) is 4.79 Å². The van der Waals surface area contributed by atoms with Gasteiger partial charge in [-0.05, 0) is 88.1 Å². The topological polar surface area (TPSA) is 126 Å². The van der Waals surface area contributed by atoms with E-state index >= 15 is 4.39 Å². The second kappa shape index (κ2) is 14.9. The number of sulfonamides is 1. The van der Waals surface area contributed by atoms with Crippen molar-refractivity contribution in [2.45, 2.75) is 88.6 Å². The molecule has 3 heterocycles. The van der Waals surface area contributed by atoms with Gasteiger partial charge in [0.2, 0.25) is 15.9 Å². The minimum absolute atomic E-state index is 0.00231. The number of hydrogen-bond donors (Lipinski definition) is 3. The van der Waals surface area contributed by atoms with Gasteiger partial charge >= 0.3 is 6.09 Å². The van der Waals surface area contributed by atoms with Gasteiger partial charge in [0.1, 0.15) is 11.9 Å². The molecule has 2 aromatic carbocycles. The smallest absolute Gasteiger partial charge is 0.407 e. The van der Waals surface area contributed by atoms with Crippen LogP contribution in [0.4, 0.5) is 23.7 Å². The Kier molecular flexibility index (Phi) is 11.1. The first-order valence-electron chi connectivity index (χ1n) is 16.1. The zero-order valence-corrected chi connectivity index (χ0v) is 27.6. The summed E-state index contributed by atoms with van der Waals surface area (Å²) in [4.78, 5) is 26.8. The van der Waals surface area contributed by atoms with Crippen molar-refractivity contribution in [3.05, 3.63) is 65.0 Å². The SMILES string of the molecule is COC(=O)NC(C(=O)Nc1ccc(F)c(F)c1CCC1CNC2CCCS(=O)(=O)N1C2)C(c1ccc(F)cc1)C1CC(C)OC(C)C1. The maximum absolute atomic E-state index is 15.4. The van der Waals surface area contributed by atoms with E-state index in [1.807, 2.05) is 13.8 Å². The summed E-state index contributed by atoms with van der Waals surface area (Å²) < 4.78 is 82.2. The second-order valence-electron chi connectivity index (χ2n) is 12.9. The van der Waals surface area contributed by atoms with E-state index in [2.05, 4.69) is 16.0 Å². The first kappa shape index (κ1) is 35.1. The Morgan fingerprint density at radius 3 is 2.47 bits per heavy atom. The monoisotopic (exact) mass is 680 g/mol. The number of carbonyl (C=O) groups excluding carboxylic acids is 2. The third kappa shape index (κ3) is 8.27. The van der Waals surface area contributed by atoms with Crippen LogP contribution in [0.15, 0.2) is 36.4 Å². The molecule has 258 valence electrons. The fourth-order valence-electron chi connectivity index (χ4n) is 7.40. The van der Waals surface area contributed by atoms with E-state index in [-0.39, 0.29) is 54.0 Å². The summed E-state index contributed by atoms with van der Waals surface area (Å²) in [5, 5.41) is 8.72. The van der Waals surface area contributed by atoms with E-state index in [9.17, 15) is 26.8 Å². The van der Waals surface area contributed by atoms with E-state index in [1.54, 1.807) is 12.1 Å². The molecule has 2 bridgehead atoms. The number of benzene rings is 2. The number of alkyl carbamates (subject to hydrolysis) is 1. The van der Waals surface area contributed by atoms with Crippen LogP contribution in [-0.2, 0) is 30.7 Å². The summed E-state index contributed by atoms with van der Waals surface area (Å²) >= 11 is 0. The fourth-order valence-corrected chi connectivity index (χ4v) is 9.20. The van der Waals surface area contributed by atoms with E-state index in [0.29, 0.717) is 37.9 Å². The Balaban J connectivity index is 1.45. The molecule has 0 saturated carbocycles. The molecule has 2 amide bonds. The molecular formula is C33H43F3N4O6S. The second-order valence-corrected chi connectivity index (χ2v) is 14.9. The minimum atomic E-state index is -3.50. The quantitative estimate of drug-likeness (QED) is 0.358. The zero-order valence-electron chi connectivity index (χ0n) is 26.8. The summed E-state index contributed by atoms with van der Waals surface area (Å²) in [6, 6.07) is 6.16. The molecule has 0 radical (unpaired) electrons. The molecule has 14 heteroatoms. The Hall–Kier alpha value is -3.20. The number of halogens is 3. The number of rotatable bonds is 9. The Bertz CT molecular complexity index is 1540. The van der Waals surface area contributed by atoms with Gasteiger partial charge in [-0.1, -0.05) is 12.1 Å². The molecule has 3 fully saturated rings. The van der Waals surface area contributed by atoms with E-state index in [0.717, 1.165) is 19.6 Å². The number of amides is 2. The third-order valence-corrected chi connectivity index (χ3v) is 11.5. The molecule has 0 aliphatic carbocycles. The average molecular weight is 681 g/mol. The first-order chi connectivity index (χ1) is 22.4. The lowest BCUT2D eigenvalue weighted by Gasteiger charge is -2.40. The molecule has 0 aromatic heterocycles. The number of carbonyl (C=O) groups is 2. The Morgan fingerprint density at radius 2 is 1.79 bits per heavy atom. The van der Waals surface area contributed by atoms with Crippen LogP contribution in [-0.4, -0.2) is 81.0 Å². The highest BCUT2D eigenvalue weighted by Gasteiger charge is 2.41. The minimum Gasteiger partial charge on any atom is -0.453 e. The summed E-state index contributed by atoms with van der Waals surface area (Å²) in [5.74, 6) is -4.25. The summed E-state index contributed by atoms with van der Waals surface area (Å²) in [6.45, 7) is 4.52. The molecule has 0 spiro atoms. The molecule has 5 rings (SSSR count). The first-order valence-corrected chi connectivity index (χ1v) is 17.7. The molecule has 3 N–H and O–H groups in total. The summed E-state index contributed by atoms with van der Waals surface area (Å²) in [6.07, 6.45) is 1.32. The van der Waals surface area contributed by atoms with Gasteiger partial charge in [0, 0.05) is 42.3 Å². The number of methoxy groups -OCH3 is 1. The van der Waals surface area contributed by atoms with Crippen molar-refractivity contribution in [2.24, 2.45) is 5.92 Å². The molecule has 7 unspecified atom stereocenters. The summed E-state index contributed by atoms with van der Waals surface area (Å²) in [7, 11) is -2.34. The van der Waals surface area contributed by atoms with E-state index in [1.165, 1.54) is 22.5 Å². The average Bonchev–Trinajstić information content (AvgIpc) is 3.14. The summed E-state index contributed by atoms with van der Waals surface area (Å²) in [5.41, 5.74) is 0.482. The highest BCUT2D eigenvalue weighted by Crippen LogP contribution is 2.39. The number of hydrogen-bond acceptors (Lipinski definition) is 7. The predicted octanol–water partition coefficient (Wildman–Crippen LogP) is 4.45. The van der Waals surface area contributed by atoms with Gasteiger partial charge in [0.25, 0.3) is 0 Å². The maximum Gasteiger partial charge on any atom is 0.407 e. The number of nitrogens with one attached hydrogen (secondary N) is 3. The van der Waals surface area contributed by atoms with Crippen LogP contribution >= 0.6 is 0 Å². The molecule has 2 aromatic rings. The van der Waals surface area contributed by atoms with Crippen LogP contribution < -0.4 is 16.0 Å². The van der Waals surface area contributed by atoms with Crippen molar-refractivity contribution in [1.82, 2.24) is 14.9 Å². The Labute approximate surface area is 273 Å². The predicted molar refractivity (Wildman–Crippen MR) is 170 cm³/mol. The van der Waals surface area contributed by atoms with Crippen LogP contribution in [0.1, 0.15) is 63.0 Å². The van der Waals surface area contributed by atoms with Crippen LogP contribution in [0.25, 0.3) is 0 Å². The zero-order chi connectivity index (χ0) is 33.9. The Morgan fingerprint density at radius 1 is 1.09 bits per heavy atom. The fraction of sp³-hybridized carbons (Fsp3) is 0.576. The van der Waals surface area contributed by atoms with Crippen molar-refractivity contribution >= 4 is 27.7 Å². The van der Waals surface area contributed by atoms with Crippen molar-refractivity contribution in [2.75, 3.05) is 31.3 Å². The van der Waals surface area contributed by atoms with Crippen molar-refractivity contribution in [3.63, 3.8) is 0 Å². The van der Waals surface area contributed by atoms with Crippen LogP contribution in [0.5, 0.6) is 0 Å². The lowest BCUT2D eigenvalue weighted by Crippen LogP contribution is -2.57. The number of piperazine rings is 1. The highest BCUT2D eigenvalue weighted by atomic mass is 32.2. The van der Waals surface area contributed by atoms with Crippen LogP contribution in [0, 0.1) is 23.4 Å². The third-order valence-electron chi connectivity index (χ3n) is 9.54. The normalized spacial score (nSPS) is 28.4. The molecule has 3 aliphatic rings. The molecule has 10 nitrogen and oxygen atoms in total. The van der Waals surface area contributed by atoms with Crippen molar-refractivity contribution in [3.8, 4) is 0 Å². The van der Waals surface area contributed by atoms with Crippen molar-refractivity contribution in [1.29, 1.82) is 0 Å². The molecular weight excluding hydrogens is 637 g/mol. The number of anilines is 1.